The summed E-state index contributed by atoms with van der Waals surface area (Å²) in [6.07, 6.45) is 0.960. The lowest BCUT2D eigenvalue weighted by atomic mass is 10.2. The van der Waals surface area contributed by atoms with Crippen molar-refractivity contribution < 1.29 is 14.3 Å². The lowest BCUT2D eigenvalue weighted by Crippen LogP contribution is -2.24. The summed E-state index contributed by atoms with van der Waals surface area (Å²) in [6.45, 7) is 2.00. The van der Waals surface area contributed by atoms with Gasteiger partial charge in [0.2, 0.25) is 0 Å². The van der Waals surface area contributed by atoms with Gasteiger partial charge in [-0.15, -0.1) is 0 Å². The lowest BCUT2D eigenvalue weighted by Gasteiger charge is -2.10. The third kappa shape index (κ3) is 5.31. The maximum absolute atomic E-state index is 12.0. The quantitative estimate of drug-likeness (QED) is 0.763. The molecule has 3 N–H and O–H groups in total. The number of rotatable bonds is 6. The second-order valence-corrected chi connectivity index (χ2v) is 5.12. The van der Waals surface area contributed by atoms with E-state index in [0.717, 1.165) is 6.42 Å². The van der Waals surface area contributed by atoms with Gasteiger partial charge in [0.25, 0.3) is 5.91 Å². The van der Waals surface area contributed by atoms with Crippen LogP contribution >= 0.6 is 0 Å². The highest BCUT2D eigenvalue weighted by Gasteiger charge is 2.05. The maximum Gasteiger partial charge on any atom is 0.318 e. The van der Waals surface area contributed by atoms with Crippen molar-refractivity contribution in [3.05, 3.63) is 54.1 Å². The van der Waals surface area contributed by atoms with Crippen LogP contribution in [-0.4, -0.2) is 25.6 Å². The zero-order valence-electron chi connectivity index (χ0n) is 13.8. The third-order valence-corrected chi connectivity index (χ3v) is 3.33. The number of benzene rings is 2. The summed E-state index contributed by atoms with van der Waals surface area (Å²) in [6, 6.07) is 14.2. The standard InChI is InChI=1S/C18H21N3O3/c1-3-13-7-9-16(10-8-13)24-12-17(22)20-14-5-4-6-15(11-14)21-18(23)19-2/h4-11H,3,12H2,1-2H3,(H,20,22)(H2,19,21,23). The van der Waals surface area contributed by atoms with E-state index in [0.29, 0.717) is 17.1 Å². The van der Waals surface area contributed by atoms with E-state index in [1.54, 1.807) is 24.3 Å². The molecular formula is C18H21N3O3. The molecule has 2 aromatic rings. The first kappa shape index (κ1) is 17.3. The minimum atomic E-state index is -0.322. The van der Waals surface area contributed by atoms with Gasteiger partial charge >= 0.3 is 6.03 Å². The third-order valence-electron chi connectivity index (χ3n) is 3.33. The highest BCUT2D eigenvalue weighted by Crippen LogP contribution is 2.16. The van der Waals surface area contributed by atoms with Crippen molar-refractivity contribution in [1.82, 2.24) is 5.32 Å². The fourth-order valence-corrected chi connectivity index (χ4v) is 2.04. The number of aryl methyl sites for hydroxylation is 1. The van der Waals surface area contributed by atoms with Crippen molar-refractivity contribution in [2.24, 2.45) is 0 Å². The monoisotopic (exact) mass is 327 g/mol. The molecule has 0 aliphatic rings. The van der Waals surface area contributed by atoms with Gasteiger partial charge in [0.15, 0.2) is 6.61 Å². The molecule has 0 radical (unpaired) electrons. The van der Waals surface area contributed by atoms with E-state index in [2.05, 4.69) is 22.9 Å². The molecule has 0 aromatic heterocycles. The van der Waals surface area contributed by atoms with E-state index in [1.807, 2.05) is 24.3 Å². The number of hydrogen-bond acceptors (Lipinski definition) is 3. The first-order valence-corrected chi connectivity index (χ1v) is 7.71. The molecule has 6 heteroatoms. The molecule has 126 valence electrons. The summed E-state index contributed by atoms with van der Waals surface area (Å²) in [5.41, 5.74) is 2.38. The van der Waals surface area contributed by atoms with Crippen LogP contribution in [0.1, 0.15) is 12.5 Å². The Morgan fingerprint density at radius 2 is 1.67 bits per heavy atom. The topological polar surface area (TPSA) is 79.5 Å². The number of carbonyl (C=O) groups is 2. The maximum atomic E-state index is 12.0. The summed E-state index contributed by atoms with van der Waals surface area (Å²) in [4.78, 5) is 23.3. The molecule has 0 heterocycles. The summed E-state index contributed by atoms with van der Waals surface area (Å²) >= 11 is 0. The van der Waals surface area contributed by atoms with Crippen LogP contribution in [0.2, 0.25) is 0 Å². The van der Waals surface area contributed by atoms with Gasteiger partial charge in [0.1, 0.15) is 5.75 Å². The molecule has 0 fully saturated rings. The Labute approximate surface area is 141 Å². The second kappa shape index (κ2) is 8.57. The summed E-state index contributed by atoms with van der Waals surface area (Å²) in [5.74, 6) is 0.379. The predicted octanol–water partition coefficient (Wildman–Crippen LogP) is 3.02. The summed E-state index contributed by atoms with van der Waals surface area (Å²) in [7, 11) is 1.53. The zero-order valence-corrected chi connectivity index (χ0v) is 13.8. The number of nitrogens with one attached hydrogen (secondary N) is 3. The first-order chi connectivity index (χ1) is 11.6. The van der Waals surface area contributed by atoms with Gasteiger partial charge in [-0.05, 0) is 42.3 Å². The van der Waals surface area contributed by atoms with E-state index >= 15 is 0 Å². The number of urea groups is 1. The van der Waals surface area contributed by atoms with Crippen LogP contribution in [0.4, 0.5) is 16.2 Å². The van der Waals surface area contributed by atoms with Gasteiger partial charge in [-0.25, -0.2) is 4.79 Å². The molecule has 0 unspecified atom stereocenters. The average Bonchev–Trinajstić information content (AvgIpc) is 2.60. The number of anilines is 2. The zero-order chi connectivity index (χ0) is 17.4. The van der Waals surface area contributed by atoms with Crippen LogP contribution in [0.3, 0.4) is 0 Å². The van der Waals surface area contributed by atoms with Crippen LogP contribution in [0.25, 0.3) is 0 Å². The normalized spacial score (nSPS) is 9.92. The van der Waals surface area contributed by atoms with Gasteiger partial charge in [0, 0.05) is 18.4 Å². The smallest absolute Gasteiger partial charge is 0.318 e. The van der Waals surface area contributed by atoms with Gasteiger partial charge in [-0.2, -0.15) is 0 Å². The molecule has 0 saturated carbocycles. The van der Waals surface area contributed by atoms with Gasteiger partial charge in [0.05, 0.1) is 0 Å². The Hall–Kier alpha value is -3.02. The highest BCUT2D eigenvalue weighted by atomic mass is 16.5. The molecule has 0 bridgehead atoms. The molecular weight excluding hydrogens is 306 g/mol. The summed E-state index contributed by atoms with van der Waals surface area (Å²) < 4.78 is 5.46. The van der Waals surface area contributed by atoms with Crippen molar-refractivity contribution >= 4 is 23.3 Å². The highest BCUT2D eigenvalue weighted by molar-refractivity contribution is 5.94. The van der Waals surface area contributed by atoms with Crippen molar-refractivity contribution in [3.63, 3.8) is 0 Å². The van der Waals surface area contributed by atoms with E-state index in [1.165, 1.54) is 12.6 Å². The Morgan fingerprint density at radius 3 is 2.29 bits per heavy atom. The molecule has 0 aliphatic heterocycles. The molecule has 0 atom stereocenters. The van der Waals surface area contributed by atoms with E-state index in [4.69, 9.17) is 4.74 Å². The van der Waals surface area contributed by atoms with Crippen molar-refractivity contribution in [1.29, 1.82) is 0 Å². The Kier molecular flexibility index (Phi) is 6.19. The Balaban J connectivity index is 1.87. The van der Waals surface area contributed by atoms with Gasteiger partial charge in [-0.1, -0.05) is 25.1 Å². The number of amides is 3. The molecule has 24 heavy (non-hydrogen) atoms. The van der Waals surface area contributed by atoms with Crippen molar-refractivity contribution in [2.75, 3.05) is 24.3 Å². The van der Waals surface area contributed by atoms with E-state index in [9.17, 15) is 9.59 Å². The van der Waals surface area contributed by atoms with Gasteiger partial charge < -0.3 is 20.7 Å². The van der Waals surface area contributed by atoms with Crippen molar-refractivity contribution in [3.8, 4) is 5.75 Å². The van der Waals surface area contributed by atoms with Crippen molar-refractivity contribution in [2.45, 2.75) is 13.3 Å². The molecule has 0 aliphatic carbocycles. The van der Waals surface area contributed by atoms with Crippen LogP contribution in [0, 0.1) is 0 Å². The number of carbonyl (C=O) groups excluding carboxylic acids is 2. The van der Waals surface area contributed by atoms with Crippen LogP contribution in [-0.2, 0) is 11.2 Å². The fourth-order valence-electron chi connectivity index (χ4n) is 2.04. The SMILES string of the molecule is CCc1ccc(OCC(=O)Nc2cccc(NC(=O)NC)c2)cc1. The Morgan fingerprint density at radius 1 is 1.00 bits per heavy atom. The average molecular weight is 327 g/mol. The minimum absolute atomic E-state index is 0.0847. The molecule has 2 aromatic carbocycles. The van der Waals surface area contributed by atoms with Crippen LogP contribution < -0.4 is 20.7 Å². The van der Waals surface area contributed by atoms with Crippen LogP contribution in [0.5, 0.6) is 5.75 Å². The lowest BCUT2D eigenvalue weighted by molar-refractivity contribution is -0.118. The second-order valence-electron chi connectivity index (χ2n) is 5.12. The molecule has 0 spiro atoms. The summed E-state index contributed by atoms with van der Waals surface area (Å²) in [5, 5.41) is 7.83. The van der Waals surface area contributed by atoms with E-state index in [-0.39, 0.29) is 18.5 Å². The molecule has 3 amide bonds. The first-order valence-electron chi connectivity index (χ1n) is 7.71. The minimum Gasteiger partial charge on any atom is -0.484 e. The predicted molar refractivity (Wildman–Crippen MR) is 94.5 cm³/mol. The van der Waals surface area contributed by atoms with Gasteiger partial charge in [-0.3, -0.25) is 4.79 Å². The van der Waals surface area contributed by atoms with Crippen LogP contribution in [0.15, 0.2) is 48.5 Å². The fraction of sp³-hybridized carbons (Fsp3) is 0.222. The van der Waals surface area contributed by atoms with E-state index < -0.39 is 0 Å². The number of hydrogen-bond donors (Lipinski definition) is 3. The number of ether oxygens (including phenoxy) is 1. The largest absolute Gasteiger partial charge is 0.484 e. The molecule has 2 rings (SSSR count). The Bertz CT molecular complexity index is 699. The molecule has 0 saturated heterocycles. The molecule has 6 nitrogen and oxygen atoms in total.